The van der Waals surface area contributed by atoms with E-state index >= 15 is 0 Å². The molecule has 2 aromatic rings. The van der Waals surface area contributed by atoms with Crippen molar-refractivity contribution in [2.24, 2.45) is 0 Å². The first kappa shape index (κ1) is 18.7. The average molecular weight is 368 g/mol. The van der Waals surface area contributed by atoms with E-state index in [1.807, 2.05) is 38.1 Å². The van der Waals surface area contributed by atoms with Crippen LogP contribution in [-0.2, 0) is 11.2 Å². The topological polar surface area (TPSA) is 74.8 Å². The zero-order valence-corrected chi connectivity index (χ0v) is 15.8. The molecule has 0 spiro atoms. The number of hydrogen-bond acceptors (Lipinski definition) is 4. The van der Waals surface area contributed by atoms with Crippen molar-refractivity contribution in [1.29, 1.82) is 0 Å². The Hall–Kier alpha value is -3.09. The number of cyclic esters (lactones) is 1. The Kier molecular flexibility index (Phi) is 5.59. The number of hydrogen-bond donors (Lipinski definition) is 1. The summed E-state index contributed by atoms with van der Waals surface area (Å²) in [7, 11) is 1.75. The first-order chi connectivity index (χ1) is 13.0. The number of likely N-dealkylation sites (N-methyl/N-ethyl adjacent to an activating group) is 1. The monoisotopic (exact) mass is 368 g/mol. The van der Waals surface area contributed by atoms with Crippen molar-refractivity contribution in [3.05, 3.63) is 53.9 Å². The highest BCUT2D eigenvalue weighted by molar-refractivity contribution is 5.99. The SMILES string of the molecule is Cc1cccnc1CC(C)N(C)C(=O)Nc1ccccc1N1CCOC1=O. The predicted molar refractivity (Wildman–Crippen MR) is 104 cm³/mol. The lowest BCUT2D eigenvalue weighted by Gasteiger charge is -2.26. The van der Waals surface area contributed by atoms with E-state index in [-0.39, 0.29) is 12.1 Å². The van der Waals surface area contributed by atoms with Crippen molar-refractivity contribution >= 4 is 23.5 Å². The highest BCUT2D eigenvalue weighted by Gasteiger charge is 2.26. The third-order valence-electron chi connectivity index (χ3n) is 4.79. The Morgan fingerprint density at radius 2 is 2.11 bits per heavy atom. The number of rotatable bonds is 5. The molecule has 1 saturated heterocycles. The number of nitrogens with zero attached hydrogens (tertiary/aromatic N) is 3. The second kappa shape index (κ2) is 8.07. The smallest absolute Gasteiger partial charge is 0.414 e. The number of carbonyl (C=O) groups excluding carboxylic acids is 2. The first-order valence-electron chi connectivity index (χ1n) is 8.95. The Labute approximate surface area is 158 Å². The van der Waals surface area contributed by atoms with E-state index in [1.165, 1.54) is 4.90 Å². The molecule has 7 heteroatoms. The van der Waals surface area contributed by atoms with Crippen molar-refractivity contribution in [2.45, 2.75) is 26.3 Å². The molecule has 1 aromatic carbocycles. The summed E-state index contributed by atoms with van der Waals surface area (Å²) in [4.78, 5) is 32.2. The molecule has 0 bridgehead atoms. The number of para-hydroxylation sites is 2. The minimum absolute atomic E-state index is 0.0393. The lowest BCUT2D eigenvalue weighted by atomic mass is 10.1. The lowest BCUT2D eigenvalue weighted by molar-refractivity contribution is 0.181. The fourth-order valence-corrected chi connectivity index (χ4v) is 2.98. The fraction of sp³-hybridized carbons (Fsp3) is 0.350. The molecule has 27 heavy (non-hydrogen) atoms. The van der Waals surface area contributed by atoms with Gasteiger partial charge in [0.15, 0.2) is 0 Å². The van der Waals surface area contributed by atoms with Gasteiger partial charge < -0.3 is 15.0 Å². The van der Waals surface area contributed by atoms with Crippen molar-refractivity contribution < 1.29 is 14.3 Å². The molecule has 1 fully saturated rings. The molecule has 142 valence electrons. The van der Waals surface area contributed by atoms with Crippen LogP contribution in [0.5, 0.6) is 0 Å². The number of amides is 3. The Morgan fingerprint density at radius 1 is 1.33 bits per heavy atom. The van der Waals surface area contributed by atoms with Crippen LogP contribution in [0.4, 0.5) is 21.0 Å². The second-order valence-electron chi connectivity index (χ2n) is 6.64. The Bertz CT molecular complexity index is 839. The number of aromatic nitrogens is 1. The summed E-state index contributed by atoms with van der Waals surface area (Å²) in [5, 5.41) is 2.91. The van der Waals surface area contributed by atoms with Crippen LogP contribution >= 0.6 is 0 Å². The second-order valence-corrected chi connectivity index (χ2v) is 6.64. The number of aryl methyl sites for hydroxylation is 1. The summed E-state index contributed by atoms with van der Waals surface area (Å²) in [6, 6.07) is 10.9. The summed E-state index contributed by atoms with van der Waals surface area (Å²) in [5.41, 5.74) is 3.30. The van der Waals surface area contributed by atoms with Crippen molar-refractivity contribution in [1.82, 2.24) is 9.88 Å². The number of ether oxygens (including phenoxy) is 1. The van der Waals surface area contributed by atoms with Gasteiger partial charge in [0.2, 0.25) is 0 Å². The molecular formula is C20H24N4O3. The third kappa shape index (κ3) is 4.19. The molecule has 2 heterocycles. The standard InChI is InChI=1S/C20H24N4O3/c1-14-7-6-10-21-17(14)13-15(2)23(3)19(25)22-16-8-4-5-9-18(16)24-11-12-27-20(24)26/h4-10,15H,11-13H2,1-3H3,(H,22,25). The van der Waals surface area contributed by atoms with Gasteiger partial charge in [-0.1, -0.05) is 18.2 Å². The van der Waals surface area contributed by atoms with E-state index < -0.39 is 6.09 Å². The molecule has 1 aliphatic rings. The van der Waals surface area contributed by atoms with E-state index in [4.69, 9.17) is 4.74 Å². The molecule has 0 radical (unpaired) electrons. The van der Waals surface area contributed by atoms with Crippen LogP contribution in [0, 0.1) is 6.92 Å². The summed E-state index contributed by atoms with van der Waals surface area (Å²) in [5.74, 6) is 0. The Morgan fingerprint density at radius 3 is 2.81 bits per heavy atom. The van der Waals surface area contributed by atoms with E-state index in [2.05, 4.69) is 10.3 Å². The molecule has 0 aliphatic carbocycles. The van der Waals surface area contributed by atoms with Crippen LogP contribution in [0.1, 0.15) is 18.2 Å². The zero-order valence-electron chi connectivity index (χ0n) is 15.8. The number of urea groups is 1. The van der Waals surface area contributed by atoms with Crippen molar-refractivity contribution in [3.63, 3.8) is 0 Å². The normalized spacial score (nSPS) is 14.6. The summed E-state index contributed by atoms with van der Waals surface area (Å²) < 4.78 is 5.00. The number of pyridine rings is 1. The van der Waals surface area contributed by atoms with Crippen molar-refractivity contribution in [3.8, 4) is 0 Å². The molecule has 3 amide bonds. The number of benzene rings is 1. The summed E-state index contributed by atoms with van der Waals surface area (Å²) in [6.07, 6.45) is 2.03. The van der Waals surface area contributed by atoms with Gasteiger partial charge in [-0.3, -0.25) is 9.88 Å². The van der Waals surface area contributed by atoms with Crippen LogP contribution in [0.3, 0.4) is 0 Å². The lowest BCUT2D eigenvalue weighted by Crippen LogP contribution is -2.40. The minimum atomic E-state index is -0.399. The first-order valence-corrected chi connectivity index (χ1v) is 8.95. The maximum absolute atomic E-state index is 12.7. The third-order valence-corrected chi connectivity index (χ3v) is 4.79. The molecule has 1 aromatic heterocycles. The van der Waals surface area contributed by atoms with E-state index in [9.17, 15) is 9.59 Å². The van der Waals surface area contributed by atoms with Gasteiger partial charge in [-0.15, -0.1) is 0 Å². The number of carbonyl (C=O) groups is 2. The number of nitrogens with one attached hydrogen (secondary N) is 1. The van der Waals surface area contributed by atoms with Crippen LogP contribution in [-0.4, -0.2) is 48.2 Å². The average Bonchev–Trinajstić information content (AvgIpc) is 3.09. The highest BCUT2D eigenvalue weighted by atomic mass is 16.6. The zero-order chi connectivity index (χ0) is 19.4. The molecule has 0 saturated carbocycles. The van der Waals surface area contributed by atoms with Gasteiger partial charge in [0.05, 0.1) is 17.9 Å². The molecule has 7 nitrogen and oxygen atoms in total. The van der Waals surface area contributed by atoms with Gasteiger partial charge in [-0.05, 0) is 37.6 Å². The molecule has 1 unspecified atom stereocenters. The van der Waals surface area contributed by atoms with Crippen molar-refractivity contribution in [2.75, 3.05) is 30.4 Å². The van der Waals surface area contributed by atoms with Gasteiger partial charge in [0.1, 0.15) is 6.61 Å². The maximum Gasteiger partial charge on any atom is 0.414 e. The van der Waals surface area contributed by atoms with Crippen LogP contribution in [0.2, 0.25) is 0 Å². The van der Waals surface area contributed by atoms with Crippen LogP contribution in [0.15, 0.2) is 42.6 Å². The minimum Gasteiger partial charge on any atom is -0.447 e. The summed E-state index contributed by atoms with van der Waals surface area (Å²) >= 11 is 0. The van der Waals surface area contributed by atoms with Gasteiger partial charge in [-0.25, -0.2) is 9.59 Å². The Balaban J connectivity index is 1.70. The fourth-order valence-electron chi connectivity index (χ4n) is 2.98. The maximum atomic E-state index is 12.7. The van der Waals surface area contributed by atoms with E-state index in [0.717, 1.165) is 11.3 Å². The van der Waals surface area contributed by atoms with Gasteiger partial charge in [0, 0.05) is 31.4 Å². The molecule has 3 rings (SSSR count). The van der Waals surface area contributed by atoms with E-state index in [0.29, 0.717) is 30.9 Å². The van der Waals surface area contributed by atoms with Gasteiger partial charge in [0.25, 0.3) is 0 Å². The quantitative estimate of drug-likeness (QED) is 0.877. The van der Waals surface area contributed by atoms with Gasteiger partial charge >= 0.3 is 12.1 Å². The molecule has 1 atom stereocenters. The summed E-state index contributed by atoms with van der Waals surface area (Å²) in [6.45, 7) is 4.82. The molecular weight excluding hydrogens is 344 g/mol. The van der Waals surface area contributed by atoms with Crippen LogP contribution < -0.4 is 10.2 Å². The number of anilines is 2. The molecule has 1 N–H and O–H groups in total. The largest absolute Gasteiger partial charge is 0.447 e. The highest BCUT2D eigenvalue weighted by Crippen LogP contribution is 2.28. The van der Waals surface area contributed by atoms with Gasteiger partial charge in [-0.2, -0.15) is 0 Å². The predicted octanol–water partition coefficient (Wildman–Crippen LogP) is 3.44. The van der Waals surface area contributed by atoms with E-state index in [1.54, 1.807) is 30.3 Å². The molecule has 1 aliphatic heterocycles. The van der Waals surface area contributed by atoms with Crippen LogP contribution in [0.25, 0.3) is 0 Å².